The minimum Gasteiger partial charge on any atom is -0.496 e. The molecule has 0 aliphatic carbocycles. The smallest absolute Gasteiger partial charge is 0.122 e. The highest BCUT2D eigenvalue weighted by Crippen LogP contribution is 2.35. The second-order valence-corrected chi connectivity index (χ2v) is 7.06. The molecule has 28 heavy (non-hydrogen) atoms. The number of methoxy groups -OCH3 is 1. The van der Waals surface area contributed by atoms with Gasteiger partial charge in [-0.2, -0.15) is 0 Å². The highest BCUT2D eigenvalue weighted by Gasteiger charge is 2.42. The maximum absolute atomic E-state index is 10.4. The van der Waals surface area contributed by atoms with Crippen LogP contribution in [0.25, 0.3) is 0 Å². The van der Waals surface area contributed by atoms with Crippen LogP contribution in [0.3, 0.4) is 0 Å². The van der Waals surface area contributed by atoms with Gasteiger partial charge in [0.25, 0.3) is 0 Å². The van der Waals surface area contributed by atoms with Gasteiger partial charge in [0.15, 0.2) is 0 Å². The van der Waals surface area contributed by atoms with Gasteiger partial charge in [0.1, 0.15) is 35.9 Å². The molecular formula is C22H28O6. The van der Waals surface area contributed by atoms with E-state index in [9.17, 15) is 15.3 Å². The molecule has 1 heterocycles. The van der Waals surface area contributed by atoms with Gasteiger partial charge in [-0.3, -0.25) is 0 Å². The van der Waals surface area contributed by atoms with Crippen LogP contribution >= 0.6 is 0 Å². The van der Waals surface area contributed by atoms with Crippen molar-refractivity contribution < 1.29 is 29.5 Å². The average Bonchev–Trinajstić information content (AvgIpc) is 2.71. The minimum absolute atomic E-state index is 0.583. The molecule has 1 aliphatic rings. The first-order chi connectivity index (χ1) is 13.4. The molecule has 2 aromatic carbocycles. The van der Waals surface area contributed by atoms with Crippen molar-refractivity contribution in [2.75, 3.05) is 13.7 Å². The lowest BCUT2D eigenvalue weighted by molar-refractivity contribution is -0.219. The van der Waals surface area contributed by atoms with Crippen molar-refractivity contribution >= 4 is 0 Å². The van der Waals surface area contributed by atoms with E-state index in [0.717, 1.165) is 28.2 Å². The summed E-state index contributed by atoms with van der Waals surface area (Å²) in [5.41, 5.74) is 2.76. The molecule has 3 rings (SSSR count). The molecule has 0 amide bonds. The van der Waals surface area contributed by atoms with Crippen molar-refractivity contribution in [3.63, 3.8) is 0 Å². The summed E-state index contributed by atoms with van der Waals surface area (Å²) in [6, 6.07) is 13.4. The van der Waals surface area contributed by atoms with Crippen molar-refractivity contribution in [2.45, 2.75) is 50.8 Å². The van der Waals surface area contributed by atoms with E-state index in [4.69, 9.17) is 14.2 Å². The molecule has 6 heteroatoms. The van der Waals surface area contributed by atoms with E-state index in [1.54, 1.807) is 14.0 Å². The molecule has 0 radical (unpaired) electrons. The Bertz CT molecular complexity index is 775. The quantitative estimate of drug-likeness (QED) is 0.703. The standard InChI is InChI=1S/C22H28O6/c1-4-27-17-8-5-14(6-9-17)11-16-12-15(7-10-18(16)26-3)22-21(25)20(24)19(23)13(2)28-22/h5-10,12-13,19-25H,4,11H2,1-3H3. The Morgan fingerprint density at radius 2 is 1.68 bits per heavy atom. The second kappa shape index (κ2) is 8.92. The number of hydrogen-bond acceptors (Lipinski definition) is 6. The number of benzene rings is 2. The Labute approximate surface area is 165 Å². The van der Waals surface area contributed by atoms with Crippen LogP contribution in [0.4, 0.5) is 0 Å². The Balaban J connectivity index is 1.85. The van der Waals surface area contributed by atoms with Gasteiger partial charge in [-0.25, -0.2) is 0 Å². The van der Waals surface area contributed by atoms with E-state index >= 15 is 0 Å². The SMILES string of the molecule is CCOc1ccc(Cc2cc(C3OC(C)C(O)C(O)C3O)ccc2OC)cc1. The van der Waals surface area contributed by atoms with Gasteiger partial charge in [0, 0.05) is 6.42 Å². The molecule has 152 valence electrons. The first-order valence-corrected chi connectivity index (χ1v) is 9.52. The molecule has 0 aromatic heterocycles. The van der Waals surface area contributed by atoms with Crippen molar-refractivity contribution in [2.24, 2.45) is 0 Å². The molecule has 2 aromatic rings. The van der Waals surface area contributed by atoms with Crippen LogP contribution in [0, 0.1) is 0 Å². The zero-order valence-corrected chi connectivity index (χ0v) is 16.4. The van der Waals surface area contributed by atoms with Gasteiger partial charge < -0.3 is 29.5 Å². The Kier molecular flexibility index (Phi) is 6.57. The van der Waals surface area contributed by atoms with Gasteiger partial charge >= 0.3 is 0 Å². The Hall–Kier alpha value is -2.12. The van der Waals surface area contributed by atoms with Crippen LogP contribution in [-0.4, -0.2) is 53.5 Å². The number of ether oxygens (including phenoxy) is 3. The third-order valence-corrected chi connectivity index (χ3v) is 5.11. The van der Waals surface area contributed by atoms with E-state index in [1.165, 1.54) is 0 Å². The second-order valence-electron chi connectivity index (χ2n) is 7.06. The third-order valence-electron chi connectivity index (χ3n) is 5.11. The van der Waals surface area contributed by atoms with Crippen LogP contribution in [0.2, 0.25) is 0 Å². The summed E-state index contributed by atoms with van der Waals surface area (Å²) >= 11 is 0. The van der Waals surface area contributed by atoms with Crippen molar-refractivity contribution in [3.8, 4) is 11.5 Å². The summed E-state index contributed by atoms with van der Waals surface area (Å²) in [6.45, 7) is 4.25. The molecule has 0 spiro atoms. The molecule has 1 aliphatic heterocycles. The van der Waals surface area contributed by atoms with Crippen LogP contribution in [0.5, 0.6) is 11.5 Å². The summed E-state index contributed by atoms with van der Waals surface area (Å²) < 4.78 is 16.7. The zero-order chi connectivity index (χ0) is 20.3. The Morgan fingerprint density at radius 3 is 2.32 bits per heavy atom. The topological polar surface area (TPSA) is 88.4 Å². The van der Waals surface area contributed by atoms with Gasteiger partial charge in [0.2, 0.25) is 0 Å². The largest absolute Gasteiger partial charge is 0.496 e. The summed E-state index contributed by atoms with van der Waals surface area (Å²) in [4.78, 5) is 0. The molecular weight excluding hydrogens is 360 g/mol. The monoisotopic (exact) mass is 388 g/mol. The highest BCUT2D eigenvalue weighted by molar-refractivity contribution is 5.42. The summed E-state index contributed by atoms with van der Waals surface area (Å²) in [5.74, 6) is 1.56. The van der Waals surface area contributed by atoms with E-state index in [1.807, 2.05) is 49.4 Å². The number of aliphatic hydroxyl groups is 3. The van der Waals surface area contributed by atoms with E-state index in [2.05, 4.69) is 0 Å². The van der Waals surface area contributed by atoms with E-state index in [0.29, 0.717) is 13.0 Å². The molecule has 5 unspecified atom stereocenters. The van der Waals surface area contributed by atoms with Crippen LogP contribution in [0.15, 0.2) is 42.5 Å². The van der Waals surface area contributed by atoms with Gasteiger partial charge in [-0.1, -0.05) is 18.2 Å². The first kappa shape index (κ1) is 20.6. The maximum atomic E-state index is 10.4. The van der Waals surface area contributed by atoms with E-state index < -0.39 is 30.5 Å². The fourth-order valence-electron chi connectivity index (χ4n) is 3.53. The highest BCUT2D eigenvalue weighted by atomic mass is 16.5. The van der Waals surface area contributed by atoms with Crippen LogP contribution in [-0.2, 0) is 11.2 Å². The predicted octanol–water partition coefficient (Wildman–Crippen LogP) is 2.23. The van der Waals surface area contributed by atoms with Crippen LogP contribution < -0.4 is 9.47 Å². The molecule has 3 N–H and O–H groups in total. The number of hydrogen-bond donors (Lipinski definition) is 3. The lowest BCUT2D eigenvalue weighted by atomic mass is 9.90. The van der Waals surface area contributed by atoms with Crippen molar-refractivity contribution in [1.29, 1.82) is 0 Å². The fraction of sp³-hybridized carbons (Fsp3) is 0.455. The van der Waals surface area contributed by atoms with Gasteiger partial charge in [-0.15, -0.1) is 0 Å². The lowest BCUT2D eigenvalue weighted by Gasteiger charge is -2.39. The molecule has 0 saturated carbocycles. The summed E-state index contributed by atoms with van der Waals surface area (Å²) in [7, 11) is 1.62. The molecule has 5 atom stereocenters. The van der Waals surface area contributed by atoms with Crippen molar-refractivity contribution in [3.05, 3.63) is 59.2 Å². The maximum Gasteiger partial charge on any atom is 0.122 e. The lowest BCUT2D eigenvalue weighted by Crippen LogP contribution is -2.53. The summed E-state index contributed by atoms with van der Waals surface area (Å²) in [5, 5.41) is 30.4. The van der Waals surface area contributed by atoms with Crippen LogP contribution in [0.1, 0.15) is 36.6 Å². The first-order valence-electron chi connectivity index (χ1n) is 9.52. The minimum atomic E-state index is -1.26. The summed E-state index contributed by atoms with van der Waals surface area (Å²) in [6.07, 6.45) is -4.26. The van der Waals surface area contributed by atoms with E-state index in [-0.39, 0.29) is 0 Å². The normalized spacial score (nSPS) is 27.4. The van der Waals surface area contributed by atoms with Gasteiger partial charge in [-0.05, 0) is 54.8 Å². The third kappa shape index (κ3) is 4.31. The zero-order valence-electron chi connectivity index (χ0n) is 16.4. The molecule has 1 saturated heterocycles. The molecule has 1 fully saturated rings. The van der Waals surface area contributed by atoms with Crippen molar-refractivity contribution in [1.82, 2.24) is 0 Å². The number of rotatable bonds is 6. The fourth-order valence-corrected chi connectivity index (χ4v) is 3.53. The average molecular weight is 388 g/mol. The Morgan fingerprint density at radius 1 is 0.964 bits per heavy atom. The molecule has 0 bridgehead atoms. The predicted molar refractivity (Wildman–Crippen MR) is 105 cm³/mol. The van der Waals surface area contributed by atoms with Gasteiger partial charge in [0.05, 0.1) is 19.8 Å². The molecule has 6 nitrogen and oxygen atoms in total. The number of aliphatic hydroxyl groups excluding tert-OH is 3.